The van der Waals surface area contributed by atoms with Gasteiger partial charge in [0.1, 0.15) is 0 Å². The Kier molecular flexibility index (Phi) is 6.30. The molecule has 0 radical (unpaired) electrons. The van der Waals surface area contributed by atoms with Gasteiger partial charge in [-0.1, -0.05) is 18.1 Å². The fourth-order valence-corrected chi connectivity index (χ4v) is 1.67. The van der Waals surface area contributed by atoms with E-state index in [0.717, 1.165) is 38.3 Å². The van der Waals surface area contributed by atoms with Gasteiger partial charge < -0.3 is 5.32 Å². The largest absolute Gasteiger partial charge is 0.314 e. The third-order valence-electron chi connectivity index (χ3n) is 2.44. The van der Waals surface area contributed by atoms with Crippen LogP contribution in [0.15, 0.2) is 6.20 Å². The van der Waals surface area contributed by atoms with Gasteiger partial charge in [-0.05, 0) is 20.0 Å². The van der Waals surface area contributed by atoms with Gasteiger partial charge in [0, 0.05) is 19.3 Å². The van der Waals surface area contributed by atoms with Crippen LogP contribution >= 0.6 is 0 Å². The molecule has 0 unspecified atom stereocenters. The number of hydrogen-bond donors (Lipinski definition) is 1. The van der Waals surface area contributed by atoms with Crippen LogP contribution in [0, 0.1) is 12.3 Å². The van der Waals surface area contributed by atoms with Crippen LogP contribution in [-0.4, -0.2) is 46.6 Å². The molecule has 1 rings (SSSR count). The maximum atomic E-state index is 5.34. The molecular formula is C12H21N5. The van der Waals surface area contributed by atoms with E-state index in [4.69, 9.17) is 6.42 Å². The van der Waals surface area contributed by atoms with E-state index in [1.54, 1.807) is 0 Å². The first-order valence-electron chi connectivity index (χ1n) is 5.99. The van der Waals surface area contributed by atoms with Crippen molar-refractivity contribution in [2.75, 3.05) is 26.7 Å². The standard InChI is InChI=1S/C12H21N5/c1-4-6-16(7-5-2)8-9-17-11-12(10-13-3)14-15-17/h1,11,13H,5-10H2,2-3H3. The SMILES string of the molecule is C#CCN(CCC)CCn1cc(CNC)nn1. The van der Waals surface area contributed by atoms with Crippen molar-refractivity contribution in [2.45, 2.75) is 26.4 Å². The van der Waals surface area contributed by atoms with E-state index in [9.17, 15) is 0 Å². The monoisotopic (exact) mass is 235 g/mol. The van der Waals surface area contributed by atoms with Crippen LogP contribution in [-0.2, 0) is 13.1 Å². The summed E-state index contributed by atoms with van der Waals surface area (Å²) in [6, 6.07) is 0. The van der Waals surface area contributed by atoms with Gasteiger partial charge in [-0.3, -0.25) is 9.58 Å². The van der Waals surface area contributed by atoms with Gasteiger partial charge in [0.25, 0.3) is 0 Å². The maximum absolute atomic E-state index is 5.34. The van der Waals surface area contributed by atoms with E-state index >= 15 is 0 Å². The lowest BCUT2D eigenvalue weighted by Gasteiger charge is -2.18. The van der Waals surface area contributed by atoms with Crippen LogP contribution in [0.3, 0.4) is 0 Å². The quantitative estimate of drug-likeness (QED) is 0.660. The topological polar surface area (TPSA) is 46.0 Å². The van der Waals surface area contributed by atoms with E-state index in [2.05, 4.69) is 33.4 Å². The molecule has 0 aliphatic rings. The summed E-state index contributed by atoms with van der Waals surface area (Å²) in [4.78, 5) is 2.25. The summed E-state index contributed by atoms with van der Waals surface area (Å²) in [5.74, 6) is 2.69. The highest BCUT2D eigenvalue weighted by Gasteiger charge is 2.04. The molecule has 1 aromatic rings. The first-order chi connectivity index (χ1) is 8.30. The molecule has 0 atom stereocenters. The molecule has 0 spiro atoms. The maximum Gasteiger partial charge on any atom is 0.0964 e. The van der Waals surface area contributed by atoms with Crippen LogP contribution < -0.4 is 5.32 Å². The van der Waals surface area contributed by atoms with Crippen molar-refractivity contribution in [3.63, 3.8) is 0 Å². The molecule has 1 N–H and O–H groups in total. The molecular weight excluding hydrogens is 214 g/mol. The number of nitrogens with one attached hydrogen (secondary N) is 1. The van der Waals surface area contributed by atoms with Crippen molar-refractivity contribution in [1.82, 2.24) is 25.2 Å². The lowest BCUT2D eigenvalue weighted by atomic mass is 10.4. The van der Waals surface area contributed by atoms with Crippen LogP contribution in [0.2, 0.25) is 0 Å². The molecule has 0 bridgehead atoms. The Morgan fingerprint density at radius 3 is 3.00 bits per heavy atom. The Morgan fingerprint density at radius 1 is 1.53 bits per heavy atom. The van der Waals surface area contributed by atoms with E-state index in [-0.39, 0.29) is 0 Å². The molecule has 5 nitrogen and oxygen atoms in total. The summed E-state index contributed by atoms with van der Waals surface area (Å²) >= 11 is 0. The normalized spacial score (nSPS) is 10.7. The zero-order valence-corrected chi connectivity index (χ0v) is 10.7. The Labute approximate surface area is 103 Å². The highest BCUT2D eigenvalue weighted by molar-refractivity contribution is 4.91. The molecule has 0 saturated heterocycles. The predicted octanol–water partition coefficient (Wildman–Crippen LogP) is 0.343. The smallest absolute Gasteiger partial charge is 0.0964 e. The van der Waals surface area contributed by atoms with E-state index in [0.29, 0.717) is 6.54 Å². The zero-order chi connectivity index (χ0) is 12.5. The number of nitrogens with zero attached hydrogens (tertiary/aromatic N) is 4. The molecule has 0 aromatic carbocycles. The molecule has 17 heavy (non-hydrogen) atoms. The van der Waals surface area contributed by atoms with Crippen LogP contribution in [0.4, 0.5) is 0 Å². The second kappa shape index (κ2) is 7.82. The van der Waals surface area contributed by atoms with Gasteiger partial charge in [0.15, 0.2) is 0 Å². The first-order valence-corrected chi connectivity index (χ1v) is 5.99. The third-order valence-corrected chi connectivity index (χ3v) is 2.44. The van der Waals surface area contributed by atoms with Gasteiger partial charge in [0.2, 0.25) is 0 Å². The summed E-state index contributed by atoms with van der Waals surface area (Å²) in [7, 11) is 1.90. The Bertz CT molecular complexity index is 352. The number of terminal acetylenes is 1. The molecule has 0 amide bonds. The first kappa shape index (κ1) is 13.7. The fourth-order valence-electron chi connectivity index (χ4n) is 1.67. The highest BCUT2D eigenvalue weighted by atomic mass is 15.4. The average molecular weight is 235 g/mol. The molecule has 1 heterocycles. The van der Waals surface area contributed by atoms with E-state index in [1.807, 2.05) is 17.9 Å². The van der Waals surface area contributed by atoms with Crippen molar-refractivity contribution < 1.29 is 0 Å². The lowest BCUT2D eigenvalue weighted by molar-refractivity contribution is 0.287. The van der Waals surface area contributed by atoms with Gasteiger partial charge >= 0.3 is 0 Å². The second-order valence-electron chi connectivity index (χ2n) is 3.98. The summed E-state index contributed by atoms with van der Waals surface area (Å²) in [6.07, 6.45) is 8.42. The fraction of sp³-hybridized carbons (Fsp3) is 0.667. The molecule has 5 heteroatoms. The molecule has 94 valence electrons. The molecule has 0 aliphatic heterocycles. The van der Waals surface area contributed by atoms with Gasteiger partial charge in [-0.25, -0.2) is 0 Å². The Balaban J connectivity index is 2.39. The van der Waals surface area contributed by atoms with Crippen molar-refractivity contribution in [3.8, 4) is 12.3 Å². The average Bonchev–Trinajstić information content (AvgIpc) is 2.75. The van der Waals surface area contributed by atoms with Crippen molar-refractivity contribution in [1.29, 1.82) is 0 Å². The van der Waals surface area contributed by atoms with Gasteiger partial charge in [-0.15, -0.1) is 11.5 Å². The minimum absolute atomic E-state index is 0.700. The number of hydrogen-bond acceptors (Lipinski definition) is 4. The van der Waals surface area contributed by atoms with Crippen LogP contribution in [0.25, 0.3) is 0 Å². The number of rotatable bonds is 8. The van der Waals surface area contributed by atoms with Crippen molar-refractivity contribution >= 4 is 0 Å². The summed E-state index contributed by atoms with van der Waals surface area (Å²) in [5, 5.41) is 11.2. The van der Waals surface area contributed by atoms with Gasteiger partial charge in [-0.2, -0.15) is 0 Å². The second-order valence-corrected chi connectivity index (χ2v) is 3.98. The Hall–Kier alpha value is -1.38. The van der Waals surface area contributed by atoms with Crippen molar-refractivity contribution in [3.05, 3.63) is 11.9 Å². The van der Waals surface area contributed by atoms with Crippen LogP contribution in [0.1, 0.15) is 19.0 Å². The van der Waals surface area contributed by atoms with Crippen molar-refractivity contribution in [2.24, 2.45) is 0 Å². The highest BCUT2D eigenvalue weighted by Crippen LogP contribution is 1.95. The lowest BCUT2D eigenvalue weighted by Crippen LogP contribution is -2.29. The van der Waals surface area contributed by atoms with E-state index in [1.165, 1.54) is 0 Å². The molecule has 1 aromatic heterocycles. The Morgan fingerprint density at radius 2 is 2.35 bits per heavy atom. The summed E-state index contributed by atoms with van der Waals surface area (Å²) < 4.78 is 1.87. The summed E-state index contributed by atoms with van der Waals surface area (Å²) in [6.45, 7) is 6.39. The zero-order valence-electron chi connectivity index (χ0n) is 10.7. The predicted molar refractivity (Wildman–Crippen MR) is 68.3 cm³/mol. The molecule has 0 fully saturated rings. The number of aromatic nitrogens is 3. The summed E-state index contributed by atoms with van der Waals surface area (Å²) in [5.41, 5.74) is 0.964. The van der Waals surface area contributed by atoms with E-state index < -0.39 is 0 Å². The minimum Gasteiger partial charge on any atom is -0.314 e. The molecule has 0 saturated carbocycles. The van der Waals surface area contributed by atoms with Crippen LogP contribution in [0.5, 0.6) is 0 Å². The minimum atomic E-state index is 0.700. The van der Waals surface area contributed by atoms with Gasteiger partial charge in [0.05, 0.1) is 18.8 Å². The third kappa shape index (κ3) is 4.98. The molecule has 0 aliphatic carbocycles.